The van der Waals surface area contributed by atoms with Crippen LogP contribution in [0.5, 0.6) is 11.5 Å². The zero-order chi connectivity index (χ0) is 23.8. The van der Waals surface area contributed by atoms with Crippen LogP contribution in [-0.2, 0) is 9.59 Å². The van der Waals surface area contributed by atoms with Crippen molar-refractivity contribution in [1.29, 1.82) is 0 Å². The maximum atomic E-state index is 12.8. The van der Waals surface area contributed by atoms with E-state index in [4.69, 9.17) is 9.47 Å². The summed E-state index contributed by atoms with van der Waals surface area (Å²) in [6, 6.07) is 10.6. The molecule has 0 bridgehead atoms. The molecular weight excluding hydrogens is 442 g/mol. The second kappa shape index (κ2) is 8.69. The summed E-state index contributed by atoms with van der Waals surface area (Å²) < 4.78 is 10.8. The van der Waals surface area contributed by atoms with Crippen LogP contribution in [0.1, 0.15) is 33.6 Å². The summed E-state index contributed by atoms with van der Waals surface area (Å²) in [5.41, 5.74) is 1.35. The van der Waals surface area contributed by atoms with Gasteiger partial charge in [0, 0.05) is 44.4 Å². The van der Waals surface area contributed by atoms with Gasteiger partial charge < -0.3 is 24.4 Å². The van der Waals surface area contributed by atoms with E-state index in [9.17, 15) is 24.3 Å². The molecule has 1 fully saturated rings. The van der Waals surface area contributed by atoms with E-state index in [1.54, 1.807) is 17.0 Å². The maximum Gasteiger partial charge on any atom is 0.326 e. The Bertz CT molecular complexity index is 1140. The first-order chi connectivity index (χ1) is 16.4. The van der Waals surface area contributed by atoms with Crippen molar-refractivity contribution in [2.45, 2.75) is 18.9 Å². The van der Waals surface area contributed by atoms with E-state index in [1.807, 2.05) is 18.2 Å². The molecule has 1 N–H and O–H groups in total. The number of piperazine rings is 1. The van der Waals surface area contributed by atoms with Crippen molar-refractivity contribution in [2.75, 3.05) is 37.9 Å². The maximum absolute atomic E-state index is 12.8. The number of aliphatic carboxylic acids is 1. The van der Waals surface area contributed by atoms with Gasteiger partial charge in [-0.25, -0.2) is 4.79 Å². The molecule has 0 saturated carbocycles. The van der Waals surface area contributed by atoms with Crippen LogP contribution >= 0.6 is 0 Å². The third kappa shape index (κ3) is 3.81. The number of anilines is 1. The van der Waals surface area contributed by atoms with Crippen molar-refractivity contribution in [3.63, 3.8) is 0 Å². The van der Waals surface area contributed by atoms with Gasteiger partial charge in [-0.3, -0.25) is 19.3 Å². The van der Waals surface area contributed by atoms with Crippen molar-refractivity contribution in [2.24, 2.45) is 0 Å². The van der Waals surface area contributed by atoms with Gasteiger partial charge in [0.2, 0.25) is 12.7 Å². The third-order valence-electron chi connectivity index (χ3n) is 6.41. The minimum atomic E-state index is -1.40. The molecule has 176 valence electrons. The molecule has 0 aliphatic carbocycles. The first-order valence-electron chi connectivity index (χ1n) is 11.1. The third-order valence-corrected chi connectivity index (χ3v) is 6.41. The van der Waals surface area contributed by atoms with E-state index in [0.717, 1.165) is 10.6 Å². The number of ether oxygens (including phenoxy) is 2. The molecule has 3 amide bonds. The second-order valence-electron chi connectivity index (χ2n) is 8.32. The molecule has 0 spiro atoms. The number of fused-ring (bicyclic) bond motifs is 2. The lowest BCUT2D eigenvalue weighted by Crippen LogP contribution is -2.49. The summed E-state index contributed by atoms with van der Waals surface area (Å²) in [5, 5.41) is 9.70. The molecule has 10 heteroatoms. The number of carbonyl (C=O) groups excluding carboxylic acids is 3. The van der Waals surface area contributed by atoms with Gasteiger partial charge in [-0.2, -0.15) is 0 Å². The monoisotopic (exact) mass is 465 g/mol. The fraction of sp³-hybridized carbons (Fsp3) is 0.333. The predicted molar refractivity (Wildman–Crippen MR) is 119 cm³/mol. The Hall–Kier alpha value is -4.08. The number of nitrogens with zero attached hydrogens (tertiary/aromatic N) is 3. The van der Waals surface area contributed by atoms with Crippen LogP contribution in [0.4, 0.5) is 5.69 Å². The Morgan fingerprint density at radius 2 is 1.56 bits per heavy atom. The van der Waals surface area contributed by atoms with Crippen molar-refractivity contribution in [3.05, 3.63) is 53.6 Å². The zero-order valence-corrected chi connectivity index (χ0v) is 18.3. The highest BCUT2D eigenvalue weighted by Crippen LogP contribution is 2.35. The van der Waals surface area contributed by atoms with E-state index in [1.165, 1.54) is 12.1 Å². The van der Waals surface area contributed by atoms with Crippen molar-refractivity contribution < 1.29 is 33.8 Å². The van der Waals surface area contributed by atoms with E-state index in [-0.39, 0.29) is 36.7 Å². The minimum absolute atomic E-state index is 0.0750. The molecule has 5 rings (SSSR count). The van der Waals surface area contributed by atoms with E-state index >= 15 is 0 Å². The highest BCUT2D eigenvalue weighted by Gasteiger charge is 2.42. The van der Waals surface area contributed by atoms with Gasteiger partial charge in [0.15, 0.2) is 11.5 Å². The molecular formula is C24H23N3O7. The summed E-state index contributed by atoms with van der Waals surface area (Å²) in [6.45, 7) is 2.41. The number of amides is 3. The quantitative estimate of drug-likeness (QED) is 0.640. The molecule has 3 aliphatic rings. The summed E-state index contributed by atoms with van der Waals surface area (Å²) >= 11 is 0. The van der Waals surface area contributed by atoms with Crippen LogP contribution in [0.2, 0.25) is 0 Å². The smallest absolute Gasteiger partial charge is 0.326 e. The molecule has 34 heavy (non-hydrogen) atoms. The molecule has 1 saturated heterocycles. The number of carboxylic acids is 1. The first-order valence-corrected chi connectivity index (χ1v) is 11.1. The Morgan fingerprint density at radius 3 is 2.21 bits per heavy atom. The Morgan fingerprint density at radius 1 is 0.912 bits per heavy atom. The lowest BCUT2D eigenvalue weighted by molar-refractivity contribution is -0.142. The fourth-order valence-electron chi connectivity index (χ4n) is 4.57. The fourth-order valence-corrected chi connectivity index (χ4v) is 4.57. The van der Waals surface area contributed by atoms with Crippen molar-refractivity contribution >= 4 is 29.4 Å². The number of carbonyl (C=O) groups is 4. The second-order valence-corrected chi connectivity index (χ2v) is 8.32. The lowest BCUT2D eigenvalue weighted by atomic mass is 10.1. The molecule has 0 unspecified atom stereocenters. The topological polar surface area (TPSA) is 117 Å². The normalized spacial score (nSPS) is 17.7. The predicted octanol–water partition coefficient (Wildman–Crippen LogP) is 1.59. The minimum Gasteiger partial charge on any atom is -0.480 e. The number of carboxylic acid groups (broad SMARTS) is 1. The number of hydrogen-bond acceptors (Lipinski definition) is 7. The van der Waals surface area contributed by atoms with E-state index in [0.29, 0.717) is 37.7 Å². The van der Waals surface area contributed by atoms with Gasteiger partial charge in [-0.1, -0.05) is 12.1 Å². The standard InChI is InChI=1S/C24H23N3O7/c28-21(26-11-9-25(10-12-26)15-5-7-19-20(13-15)34-14-33-19)8-6-18(24(31)32)27-22(29)16-3-1-2-4-17(16)23(27)30/h1-5,7,13,18H,6,8-12,14H2,(H,31,32)/t18-/m0/s1. The number of rotatable bonds is 6. The highest BCUT2D eigenvalue weighted by atomic mass is 16.7. The molecule has 0 radical (unpaired) electrons. The van der Waals surface area contributed by atoms with Gasteiger partial charge in [0.25, 0.3) is 11.8 Å². The van der Waals surface area contributed by atoms with Gasteiger partial charge >= 0.3 is 5.97 Å². The summed E-state index contributed by atoms with van der Waals surface area (Å²) in [7, 11) is 0. The van der Waals surface area contributed by atoms with E-state index < -0.39 is 23.8 Å². The van der Waals surface area contributed by atoms with Gasteiger partial charge in [-0.15, -0.1) is 0 Å². The lowest BCUT2D eigenvalue weighted by Gasteiger charge is -2.36. The Kier molecular flexibility index (Phi) is 5.56. The van der Waals surface area contributed by atoms with Gasteiger partial charge in [0.1, 0.15) is 6.04 Å². The molecule has 0 aromatic heterocycles. The van der Waals surface area contributed by atoms with E-state index in [2.05, 4.69) is 4.90 Å². The Balaban J connectivity index is 1.18. The highest BCUT2D eigenvalue weighted by molar-refractivity contribution is 6.22. The van der Waals surface area contributed by atoms with Crippen LogP contribution in [-0.4, -0.2) is 77.6 Å². The molecule has 3 heterocycles. The summed E-state index contributed by atoms with van der Waals surface area (Å²) in [4.78, 5) is 54.6. The molecule has 10 nitrogen and oxygen atoms in total. The zero-order valence-electron chi connectivity index (χ0n) is 18.3. The van der Waals surface area contributed by atoms with Gasteiger partial charge in [-0.05, 0) is 30.7 Å². The van der Waals surface area contributed by atoms with Crippen molar-refractivity contribution in [3.8, 4) is 11.5 Å². The molecule has 2 aromatic carbocycles. The van der Waals surface area contributed by atoms with Crippen LogP contribution in [0, 0.1) is 0 Å². The van der Waals surface area contributed by atoms with Crippen molar-refractivity contribution in [1.82, 2.24) is 9.80 Å². The molecule has 2 aromatic rings. The van der Waals surface area contributed by atoms with Crippen LogP contribution in [0.25, 0.3) is 0 Å². The first kappa shape index (κ1) is 21.7. The Labute approximate surface area is 195 Å². The SMILES string of the molecule is O=C(O)[C@H](CCC(=O)N1CCN(c2ccc3c(c2)OCO3)CC1)N1C(=O)c2ccccc2C1=O. The molecule has 1 atom stereocenters. The number of hydrogen-bond donors (Lipinski definition) is 1. The summed E-state index contributed by atoms with van der Waals surface area (Å²) in [5.74, 6) is -1.38. The average Bonchev–Trinajstić information content (AvgIpc) is 3.42. The number of imide groups is 1. The van der Waals surface area contributed by atoms with Crippen LogP contribution in [0.3, 0.4) is 0 Å². The number of benzene rings is 2. The van der Waals surface area contributed by atoms with Crippen LogP contribution in [0.15, 0.2) is 42.5 Å². The van der Waals surface area contributed by atoms with Gasteiger partial charge in [0.05, 0.1) is 11.1 Å². The van der Waals surface area contributed by atoms with Crippen LogP contribution < -0.4 is 14.4 Å². The largest absolute Gasteiger partial charge is 0.480 e. The summed E-state index contributed by atoms with van der Waals surface area (Å²) in [6.07, 6.45) is -0.212. The average molecular weight is 465 g/mol. The molecule has 3 aliphatic heterocycles.